The lowest BCUT2D eigenvalue weighted by molar-refractivity contribution is 0.100. The summed E-state index contributed by atoms with van der Waals surface area (Å²) in [6.07, 6.45) is 2.34. The summed E-state index contributed by atoms with van der Waals surface area (Å²) in [6, 6.07) is 8.12. The highest BCUT2D eigenvalue weighted by Crippen LogP contribution is 2.37. The molecule has 2 aromatic rings. The summed E-state index contributed by atoms with van der Waals surface area (Å²) in [7, 11) is 0. The second kappa shape index (κ2) is 5.17. The summed E-state index contributed by atoms with van der Waals surface area (Å²) in [5.41, 5.74) is 14.6. The minimum atomic E-state index is -0.476. The van der Waals surface area contributed by atoms with Gasteiger partial charge >= 0.3 is 0 Å². The lowest BCUT2D eigenvalue weighted by atomic mass is 10.1. The maximum Gasteiger partial charge on any atom is 0.250 e. The molecule has 104 valence electrons. The number of amides is 1. The molecule has 0 saturated heterocycles. The van der Waals surface area contributed by atoms with Crippen LogP contribution in [0.25, 0.3) is 0 Å². The number of carbonyl (C=O) groups is 1. The van der Waals surface area contributed by atoms with Gasteiger partial charge in [0.2, 0.25) is 0 Å². The van der Waals surface area contributed by atoms with E-state index in [-0.39, 0.29) is 0 Å². The molecular formula is C15H17N3OS. The minimum Gasteiger partial charge on any atom is -0.396 e. The second-order valence-electron chi connectivity index (χ2n) is 5.09. The predicted molar refractivity (Wildman–Crippen MR) is 82.9 cm³/mol. The molecule has 1 saturated carbocycles. The van der Waals surface area contributed by atoms with E-state index in [1.54, 1.807) is 17.4 Å². The van der Waals surface area contributed by atoms with E-state index in [2.05, 4.69) is 21.7 Å². The first-order valence-corrected chi connectivity index (χ1v) is 7.57. The largest absolute Gasteiger partial charge is 0.396 e. The molecular weight excluding hydrogens is 270 g/mol. The first-order valence-electron chi connectivity index (χ1n) is 6.63. The van der Waals surface area contributed by atoms with Gasteiger partial charge in [0, 0.05) is 12.6 Å². The molecule has 0 aliphatic heterocycles. The summed E-state index contributed by atoms with van der Waals surface area (Å²) in [5.74, 6) is -0.476. The van der Waals surface area contributed by atoms with Gasteiger partial charge in [-0.15, -0.1) is 0 Å². The molecule has 0 bridgehead atoms. The Morgan fingerprint density at radius 1 is 1.35 bits per heavy atom. The maximum absolute atomic E-state index is 11.4. The highest BCUT2D eigenvalue weighted by atomic mass is 32.1. The van der Waals surface area contributed by atoms with Crippen molar-refractivity contribution in [3.63, 3.8) is 0 Å². The van der Waals surface area contributed by atoms with Gasteiger partial charge in [-0.2, -0.15) is 11.3 Å². The zero-order valence-electron chi connectivity index (χ0n) is 11.1. The third-order valence-electron chi connectivity index (χ3n) is 3.58. The van der Waals surface area contributed by atoms with Gasteiger partial charge in [0.15, 0.2) is 0 Å². The Labute approximate surface area is 122 Å². The maximum atomic E-state index is 11.4. The zero-order chi connectivity index (χ0) is 14.1. The van der Waals surface area contributed by atoms with Crippen LogP contribution in [0.4, 0.5) is 11.4 Å². The third-order valence-corrected chi connectivity index (χ3v) is 4.31. The van der Waals surface area contributed by atoms with E-state index < -0.39 is 5.91 Å². The van der Waals surface area contributed by atoms with E-state index >= 15 is 0 Å². The summed E-state index contributed by atoms with van der Waals surface area (Å²) >= 11 is 1.69. The van der Waals surface area contributed by atoms with Gasteiger partial charge in [-0.1, -0.05) is 6.07 Å². The van der Waals surface area contributed by atoms with Crippen LogP contribution in [0.3, 0.4) is 0 Å². The molecule has 1 aromatic heterocycles. The molecule has 1 amide bonds. The standard InChI is InChI=1S/C15H17N3OS/c16-14-12(15(17)19)2-1-3-13(14)18(11-4-5-11)8-10-6-7-20-9-10/h1-3,6-7,9,11H,4-5,8,16H2,(H2,17,19). The van der Waals surface area contributed by atoms with Gasteiger partial charge in [-0.25, -0.2) is 0 Å². The van der Waals surface area contributed by atoms with Gasteiger partial charge in [-0.3, -0.25) is 4.79 Å². The van der Waals surface area contributed by atoms with Crippen molar-refractivity contribution < 1.29 is 4.79 Å². The van der Waals surface area contributed by atoms with Gasteiger partial charge in [-0.05, 0) is 47.4 Å². The van der Waals surface area contributed by atoms with Crippen molar-refractivity contribution >= 4 is 28.6 Å². The van der Waals surface area contributed by atoms with Crippen LogP contribution < -0.4 is 16.4 Å². The number of nitrogens with two attached hydrogens (primary N) is 2. The summed E-state index contributed by atoms with van der Waals surface area (Å²) < 4.78 is 0. The van der Waals surface area contributed by atoms with Crippen LogP contribution in [0.15, 0.2) is 35.0 Å². The van der Waals surface area contributed by atoms with Crippen molar-refractivity contribution in [2.24, 2.45) is 5.73 Å². The molecule has 4 N–H and O–H groups in total. The Morgan fingerprint density at radius 2 is 2.15 bits per heavy atom. The number of nitrogen functional groups attached to an aromatic ring is 1. The van der Waals surface area contributed by atoms with Crippen LogP contribution >= 0.6 is 11.3 Å². The number of benzene rings is 1. The summed E-state index contributed by atoms with van der Waals surface area (Å²) in [4.78, 5) is 13.7. The number of nitrogens with zero attached hydrogens (tertiary/aromatic N) is 1. The van der Waals surface area contributed by atoms with Gasteiger partial charge in [0.25, 0.3) is 5.91 Å². The fourth-order valence-corrected chi connectivity index (χ4v) is 3.05. The van der Waals surface area contributed by atoms with Crippen molar-refractivity contribution in [2.75, 3.05) is 10.6 Å². The van der Waals surface area contributed by atoms with E-state index in [4.69, 9.17) is 11.5 Å². The molecule has 1 aliphatic carbocycles. The van der Waals surface area contributed by atoms with E-state index in [0.717, 1.165) is 12.2 Å². The Morgan fingerprint density at radius 3 is 2.75 bits per heavy atom. The highest BCUT2D eigenvalue weighted by molar-refractivity contribution is 7.07. The molecule has 1 fully saturated rings. The summed E-state index contributed by atoms with van der Waals surface area (Å²) in [6.45, 7) is 0.820. The molecule has 1 aliphatic rings. The average molecular weight is 287 g/mol. The van der Waals surface area contributed by atoms with E-state index in [0.29, 0.717) is 17.3 Å². The van der Waals surface area contributed by atoms with Gasteiger partial charge in [0.05, 0.1) is 16.9 Å². The second-order valence-corrected chi connectivity index (χ2v) is 5.87. The number of thiophene rings is 1. The third kappa shape index (κ3) is 2.49. The molecule has 0 unspecified atom stereocenters. The number of para-hydroxylation sites is 1. The summed E-state index contributed by atoms with van der Waals surface area (Å²) in [5, 5.41) is 4.22. The fraction of sp³-hybridized carbons (Fsp3) is 0.267. The van der Waals surface area contributed by atoms with Crippen LogP contribution in [-0.4, -0.2) is 11.9 Å². The minimum absolute atomic E-state index is 0.401. The molecule has 0 spiro atoms. The van der Waals surface area contributed by atoms with Crippen LogP contribution in [0, 0.1) is 0 Å². The number of rotatable bonds is 5. The quantitative estimate of drug-likeness (QED) is 0.830. The van der Waals surface area contributed by atoms with Crippen molar-refractivity contribution in [1.29, 1.82) is 0 Å². The van der Waals surface area contributed by atoms with Gasteiger partial charge < -0.3 is 16.4 Å². The van der Waals surface area contributed by atoms with Crippen LogP contribution in [0.2, 0.25) is 0 Å². The topological polar surface area (TPSA) is 72.4 Å². The number of carbonyl (C=O) groups excluding carboxylic acids is 1. The van der Waals surface area contributed by atoms with E-state index in [1.165, 1.54) is 18.4 Å². The smallest absolute Gasteiger partial charge is 0.250 e. The van der Waals surface area contributed by atoms with E-state index in [1.807, 2.05) is 12.1 Å². The van der Waals surface area contributed by atoms with Crippen molar-refractivity contribution in [3.05, 3.63) is 46.2 Å². The molecule has 3 rings (SSSR count). The first-order chi connectivity index (χ1) is 9.66. The molecule has 4 nitrogen and oxygen atoms in total. The van der Waals surface area contributed by atoms with Crippen LogP contribution in [0.1, 0.15) is 28.8 Å². The molecule has 1 aromatic carbocycles. The molecule has 0 atom stereocenters. The fourth-order valence-electron chi connectivity index (χ4n) is 2.39. The van der Waals surface area contributed by atoms with Crippen LogP contribution in [-0.2, 0) is 6.54 Å². The predicted octanol–water partition coefficient (Wildman–Crippen LogP) is 2.60. The average Bonchev–Trinajstić information content (AvgIpc) is 3.14. The Bertz CT molecular complexity index is 620. The molecule has 0 radical (unpaired) electrons. The molecule has 20 heavy (non-hydrogen) atoms. The van der Waals surface area contributed by atoms with Gasteiger partial charge in [0.1, 0.15) is 0 Å². The van der Waals surface area contributed by atoms with Crippen molar-refractivity contribution in [1.82, 2.24) is 0 Å². The highest BCUT2D eigenvalue weighted by Gasteiger charge is 2.31. The number of hydrogen-bond donors (Lipinski definition) is 2. The monoisotopic (exact) mass is 287 g/mol. The van der Waals surface area contributed by atoms with Crippen molar-refractivity contribution in [2.45, 2.75) is 25.4 Å². The normalized spacial score (nSPS) is 14.2. The number of hydrogen-bond acceptors (Lipinski definition) is 4. The first kappa shape index (κ1) is 13.0. The Kier molecular flexibility index (Phi) is 3.36. The Balaban J connectivity index is 1.95. The van der Waals surface area contributed by atoms with Crippen LogP contribution in [0.5, 0.6) is 0 Å². The lowest BCUT2D eigenvalue weighted by Crippen LogP contribution is -2.26. The molecule has 1 heterocycles. The Hall–Kier alpha value is -2.01. The SMILES string of the molecule is NC(=O)c1cccc(N(Cc2ccsc2)C2CC2)c1N. The lowest BCUT2D eigenvalue weighted by Gasteiger charge is -2.26. The van der Waals surface area contributed by atoms with Crippen molar-refractivity contribution in [3.8, 4) is 0 Å². The van der Waals surface area contributed by atoms with E-state index in [9.17, 15) is 4.79 Å². The zero-order valence-corrected chi connectivity index (χ0v) is 11.9. The molecule has 5 heteroatoms. The number of anilines is 2. The number of primary amides is 1.